The van der Waals surface area contributed by atoms with Crippen molar-refractivity contribution in [3.63, 3.8) is 0 Å². The highest BCUT2D eigenvalue weighted by atomic mass is 16.2. The first-order valence-corrected chi connectivity index (χ1v) is 7.76. The van der Waals surface area contributed by atoms with Gasteiger partial charge in [0.2, 0.25) is 5.91 Å². The molecular formula is C16H22N4O2. The van der Waals surface area contributed by atoms with E-state index in [2.05, 4.69) is 16.0 Å². The molecule has 0 bridgehead atoms. The Morgan fingerprint density at radius 1 is 1.27 bits per heavy atom. The van der Waals surface area contributed by atoms with Crippen LogP contribution >= 0.6 is 0 Å². The Morgan fingerprint density at radius 3 is 2.64 bits per heavy atom. The summed E-state index contributed by atoms with van der Waals surface area (Å²) in [7, 11) is 0. The molecular weight excluding hydrogens is 280 g/mol. The molecule has 2 heterocycles. The molecule has 1 aromatic carbocycles. The predicted molar refractivity (Wildman–Crippen MR) is 86.0 cm³/mol. The van der Waals surface area contributed by atoms with E-state index >= 15 is 0 Å². The summed E-state index contributed by atoms with van der Waals surface area (Å²) < 4.78 is 0. The molecule has 118 valence electrons. The smallest absolute Gasteiger partial charge is 0.321 e. The maximum Gasteiger partial charge on any atom is 0.321 e. The molecule has 0 spiro atoms. The second kappa shape index (κ2) is 5.96. The molecule has 6 nitrogen and oxygen atoms in total. The van der Waals surface area contributed by atoms with Crippen LogP contribution in [0.3, 0.4) is 0 Å². The van der Waals surface area contributed by atoms with Gasteiger partial charge in [-0.3, -0.25) is 9.69 Å². The van der Waals surface area contributed by atoms with Crippen LogP contribution in [0.25, 0.3) is 0 Å². The van der Waals surface area contributed by atoms with Gasteiger partial charge in [-0.05, 0) is 50.6 Å². The fourth-order valence-corrected chi connectivity index (χ4v) is 2.97. The summed E-state index contributed by atoms with van der Waals surface area (Å²) >= 11 is 0. The van der Waals surface area contributed by atoms with Gasteiger partial charge in [0.05, 0.1) is 5.41 Å². The van der Waals surface area contributed by atoms with Crippen LogP contribution in [0.15, 0.2) is 24.3 Å². The van der Waals surface area contributed by atoms with Crippen LogP contribution < -0.4 is 20.9 Å². The van der Waals surface area contributed by atoms with E-state index in [0.717, 1.165) is 30.8 Å². The number of benzene rings is 1. The molecule has 3 N–H and O–H groups in total. The molecule has 2 aliphatic heterocycles. The average Bonchev–Trinajstić information content (AvgIpc) is 2.95. The number of anilines is 2. The number of nitrogens with one attached hydrogen (secondary N) is 3. The largest absolute Gasteiger partial charge is 0.336 e. The van der Waals surface area contributed by atoms with Crippen LogP contribution in [0.1, 0.15) is 19.8 Å². The predicted octanol–water partition coefficient (Wildman–Crippen LogP) is 1.54. The number of hydrogen-bond donors (Lipinski definition) is 3. The highest BCUT2D eigenvalue weighted by Crippen LogP contribution is 2.28. The third-order valence-electron chi connectivity index (χ3n) is 4.44. The maximum absolute atomic E-state index is 12.5. The van der Waals surface area contributed by atoms with Crippen molar-refractivity contribution in [3.8, 4) is 0 Å². The minimum absolute atomic E-state index is 0.0476. The fraction of sp³-hybridized carbons (Fsp3) is 0.500. The molecule has 2 saturated heterocycles. The van der Waals surface area contributed by atoms with Crippen molar-refractivity contribution in [2.24, 2.45) is 5.41 Å². The highest BCUT2D eigenvalue weighted by Gasteiger charge is 2.34. The Balaban J connectivity index is 1.65. The van der Waals surface area contributed by atoms with Crippen molar-refractivity contribution in [2.45, 2.75) is 19.8 Å². The molecule has 0 radical (unpaired) electrons. The topological polar surface area (TPSA) is 73.5 Å². The molecule has 3 rings (SSSR count). The van der Waals surface area contributed by atoms with E-state index in [4.69, 9.17) is 0 Å². The summed E-state index contributed by atoms with van der Waals surface area (Å²) in [6.07, 6.45) is 1.92. The van der Waals surface area contributed by atoms with Gasteiger partial charge in [-0.25, -0.2) is 4.79 Å². The maximum atomic E-state index is 12.5. The molecule has 0 aliphatic carbocycles. The van der Waals surface area contributed by atoms with E-state index in [0.29, 0.717) is 19.6 Å². The zero-order valence-corrected chi connectivity index (χ0v) is 12.8. The van der Waals surface area contributed by atoms with E-state index in [1.165, 1.54) is 0 Å². The summed E-state index contributed by atoms with van der Waals surface area (Å²) in [5.41, 5.74) is 1.25. The van der Waals surface area contributed by atoms with E-state index < -0.39 is 0 Å². The lowest BCUT2D eigenvalue weighted by molar-refractivity contribution is -0.125. The zero-order valence-electron chi connectivity index (χ0n) is 12.8. The number of urea groups is 1. The molecule has 22 heavy (non-hydrogen) atoms. The Labute approximate surface area is 130 Å². The minimum atomic E-state index is -0.355. The summed E-state index contributed by atoms with van der Waals surface area (Å²) in [6, 6.07) is 7.35. The van der Waals surface area contributed by atoms with Gasteiger partial charge in [-0.2, -0.15) is 0 Å². The third-order valence-corrected chi connectivity index (χ3v) is 4.44. The minimum Gasteiger partial charge on any atom is -0.336 e. The van der Waals surface area contributed by atoms with Gasteiger partial charge in [-0.1, -0.05) is 0 Å². The SMILES string of the molecule is CC1(C(=O)Nc2ccc(N3CCNC3=O)cc2)CCCNC1. The van der Waals surface area contributed by atoms with Crippen molar-refractivity contribution < 1.29 is 9.59 Å². The van der Waals surface area contributed by atoms with E-state index in [1.54, 1.807) is 4.90 Å². The lowest BCUT2D eigenvalue weighted by Crippen LogP contribution is -2.46. The first-order valence-electron chi connectivity index (χ1n) is 7.76. The Hall–Kier alpha value is -2.08. The quantitative estimate of drug-likeness (QED) is 0.793. The Morgan fingerprint density at radius 2 is 2.05 bits per heavy atom. The summed E-state index contributed by atoms with van der Waals surface area (Å²) in [4.78, 5) is 25.8. The lowest BCUT2D eigenvalue weighted by Gasteiger charge is -2.32. The summed E-state index contributed by atoms with van der Waals surface area (Å²) in [5, 5.41) is 9.04. The van der Waals surface area contributed by atoms with Crippen LogP contribution in [0.4, 0.5) is 16.2 Å². The fourth-order valence-electron chi connectivity index (χ4n) is 2.97. The molecule has 2 fully saturated rings. The second-order valence-electron chi connectivity index (χ2n) is 6.23. The highest BCUT2D eigenvalue weighted by molar-refractivity contribution is 5.96. The number of rotatable bonds is 3. The van der Waals surface area contributed by atoms with E-state index in [1.807, 2.05) is 31.2 Å². The van der Waals surface area contributed by atoms with E-state index in [-0.39, 0.29) is 17.4 Å². The van der Waals surface area contributed by atoms with Gasteiger partial charge in [0.25, 0.3) is 0 Å². The van der Waals surface area contributed by atoms with Gasteiger partial charge < -0.3 is 16.0 Å². The van der Waals surface area contributed by atoms with Gasteiger partial charge in [-0.15, -0.1) is 0 Å². The molecule has 0 aromatic heterocycles. The van der Waals surface area contributed by atoms with Crippen LogP contribution in [0.2, 0.25) is 0 Å². The first-order chi connectivity index (χ1) is 10.6. The lowest BCUT2D eigenvalue weighted by atomic mass is 9.82. The number of carbonyl (C=O) groups excluding carboxylic acids is 2. The number of hydrogen-bond acceptors (Lipinski definition) is 3. The molecule has 2 aliphatic rings. The number of amides is 3. The van der Waals surface area contributed by atoms with Gasteiger partial charge in [0.1, 0.15) is 0 Å². The molecule has 0 saturated carbocycles. The summed E-state index contributed by atoms with van der Waals surface area (Å²) in [6.45, 7) is 5.04. The molecule has 6 heteroatoms. The number of nitrogens with zero attached hydrogens (tertiary/aromatic N) is 1. The van der Waals surface area contributed by atoms with Crippen molar-refractivity contribution in [2.75, 3.05) is 36.4 Å². The van der Waals surface area contributed by atoms with Crippen LogP contribution in [0.5, 0.6) is 0 Å². The van der Waals surface area contributed by atoms with Crippen molar-refractivity contribution in [1.29, 1.82) is 0 Å². The monoisotopic (exact) mass is 302 g/mol. The normalized spacial score (nSPS) is 25.0. The molecule has 1 aromatic rings. The number of piperidine rings is 1. The van der Waals surface area contributed by atoms with Crippen molar-refractivity contribution >= 4 is 23.3 Å². The van der Waals surface area contributed by atoms with Crippen LogP contribution in [0, 0.1) is 5.41 Å². The first kappa shape index (κ1) is 14.8. The molecule has 3 amide bonds. The van der Waals surface area contributed by atoms with Crippen LogP contribution in [-0.4, -0.2) is 38.1 Å². The van der Waals surface area contributed by atoms with E-state index in [9.17, 15) is 9.59 Å². The van der Waals surface area contributed by atoms with Crippen LogP contribution in [-0.2, 0) is 4.79 Å². The Bertz CT molecular complexity index is 564. The van der Waals surface area contributed by atoms with Crippen molar-refractivity contribution in [3.05, 3.63) is 24.3 Å². The molecule has 1 unspecified atom stereocenters. The zero-order chi connectivity index (χ0) is 15.6. The Kier molecular flexibility index (Phi) is 4.02. The molecule has 1 atom stereocenters. The number of carbonyl (C=O) groups is 2. The van der Waals surface area contributed by atoms with Crippen molar-refractivity contribution in [1.82, 2.24) is 10.6 Å². The average molecular weight is 302 g/mol. The second-order valence-corrected chi connectivity index (χ2v) is 6.23. The van der Waals surface area contributed by atoms with Gasteiger partial charge in [0, 0.05) is 31.0 Å². The van der Waals surface area contributed by atoms with Gasteiger partial charge in [0.15, 0.2) is 0 Å². The third kappa shape index (κ3) is 2.92. The van der Waals surface area contributed by atoms with Gasteiger partial charge >= 0.3 is 6.03 Å². The standard InChI is InChI=1S/C16H22N4O2/c1-16(7-2-8-17-11-16)14(21)19-12-3-5-13(6-4-12)20-10-9-18-15(20)22/h3-6,17H,2,7-11H2,1H3,(H,18,22)(H,19,21). The summed E-state index contributed by atoms with van der Waals surface area (Å²) in [5.74, 6) is 0.0476.